The van der Waals surface area contributed by atoms with Gasteiger partial charge in [-0.1, -0.05) is 12.2 Å². The largest absolute Gasteiger partial charge is 0.481 e. The lowest BCUT2D eigenvalue weighted by Gasteiger charge is -2.30. The van der Waals surface area contributed by atoms with Crippen LogP contribution in [0.25, 0.3) is 17.4 Å². The lowest BCUT2D eigenvalue weighted by atomic mass is 9.77. The summed E-state index contributed by atoms with van der Waals surface area (Å²) in [6.07, 6.45) is 7.47. The molecule has 1 atom stereocenters. The number of ether oxygens (including phenoxy) is 5. The number of hydrogen-bond donors (Lipinski definition) is 4. The number of aliphatic carboxylic acids is 1. The van der Waals surface area contributed by atoms with Gasteiger partial charge in [-0.15, -0.1) is 0 Å². The second-order valence-electron chi connectivity index (χ2n) is 14.9. The summed E-state index contributed by atoms with van der Waals surface area (Å²) in [4.78, 5) is 12.1. The Bertz CT molecular complexity index is 2430. The fraction of sp³-hybridized carbons (Fsp3) is 0.524. The summed E-state index contributed by atoms with van der Waals surface area (Å²) in [5.41, 5.74) is 2.42. The smallest absolute Gasteiger partial charge is 0.305 e. The van der Waals surface area contributed by atoms with E-state index in [0.29, 0.717) is 82.0 Å². The summed E-state index contributed by atoms with van der Waals surface area (Å²) in [6, 6.07) is 11.7. The van der Waals surface area contributed by atoms with Crippen molar-refractivity contribution in [2.45, 2.75) is 49.8 Å². The number of anilines is 1. The van der Waals surface area contributed by atoms with Gasteiger partial charge in [0.25, 0.3) is 30.4 Å². The monoisotopic (exact) mass is 959 g/mol. The third-order valence-electron chi connectivity index (χ3n) is 10.3. The maximum Gasteiger partial charge on any atom is 0.305 e. The van der Waals surface area contributed by atoms with Crippen LogP contribution in [0, 0.1) is 0 Å². The molecular weight excluding hydrogens is 901 g/mol. The summed E-state index contributed by atoms with van der Waals surface area (Å²) in [5.74, 6) is -1.23. The molecule has 2 aliphatic heterocycles. The lowest BCUT2D eigenvalue weighted by Crippen LogP contribution is -2.31. The minimum Gasteiger partial charge on any atom is -0.481 e. The van der Waals surface area contributed by atoms with E-state index in [-0.39, 0.29) is 62.8 Å². The molecule has 1 aromatic carbocycles. The van der Waals surface area contributed by atoms with Crippen molar-refractivity contribution < 1.29 is 76.9 Å². The van der Waals surface area contributed by atoms with Crippen LogP contribution in [0.15, 0.2) is 75.9 Å². The van der Waals surface area contributed by atoms with Crippen LogP contribution in [-0.2, 0) is 64.2 Å². The zero-order valence-electron chi connectivity index (χ0n) is 36.0. The number of carbonyl (C=O) groups is 1. The summed E-state index contributed by atoms with van der Waals surface area (Å²) in [6.45, 7) is 7.91. The number of nitrogens with zero attached hydrogens (tertiary/aromatic N) is 2. The summed E-state index contributed by atoms with van der Waals surface area (Å²) in [5, 5.41) is 9.40. The minimum atomic E-state index is -4.60. The van der Waals surface area contributed by atoms with Crippen molar-refractivity contribution in [3.05, 3.63) is 83.1 Å². The molecule has 4 N–H and O–H groups in total. The standard InChI is InChI=1S/C42H58N2O17S3/c1-3-43(16-6-30-63(50,51)52)34-9-11-36-33(13-19-61-39(36)31-34)7-4-8-40-42(2,15-5-29-62(47,48)49)37-32-35(64(53,54)55)10-12-38(37)44(40)17-20-57-22-24-59-26-28-60-27-25-58-23-21-56-18-14-41(45)46/h4,7-13,19,31-32H,3,5-6,14-18,20-30H2,1-2H3,(H3-,45,46,47,48,49,50,51,52,53,54,55)/p+1. The minimum absolute atomic E-state index is 0.0350. The third kappa shape index (κ3) is 17.1. The molecule has 64 heavy (non-hydrogen) atoms. The molecule has 22 heteroatoms. The fourth-order valence-electron chi connectivity index (χ4n) is 7.21. The second-order valence-corrected chi connectivity index (χ2v) is 19.5. The van der Waals surface area contributed by atoms with Crippen molar-refractivity contribution >= 4 is 48.1 Å². The van der Waals surface area contributed by atoms with Crippen LogP contribution in [0.2, 0.25) is 0 Å². The quantitative estimate of drug-likeness (QED) is 0.0422. The Morgan fingerprint density at radius 3 is 1.95 bits per heavy atom. The molecule has 356 valence electrons. The van der Waals surface area contributed by atoms with Gasteiger partial charge in [-0.05, 0) is 74.2 Å². The van der Waals surface area contributed by atoms with Gasteiger partial charge in [-0.3, -0.25) is 18.5 Å². The maximum atomic E-state index is 12.3. The Balaban J connectivity index is 1.48. The molecule has 0 amide bonds. The van der Waals surface area contributed by atoms with Crippen LogP contribution in [0.3, 0.4) is 0 Å². The van der Waals surface area contributed by atoms with E-state index in [1.165, 1.54) is 12.1 Å². The average Bonchev–Trinajstić information content (AvgIpc) is 3.44. The zero-order valence-corrected chi connectivity index (χ0v) is 38.5. The van der Waals surface area contributed by atoms with E-state index in [9.17, 15) is 39.2 Å². The second kappa shape index (κ2) is 25.0. The first-order chi connectivity index (χ1) is 30.3. The molecule has 2 heterocycles. The molecule has 0 spiro atoms. The number of hydrogen-bond acceptors (Lipinski definition) is 14. The van der Waals surface area contributed by atoms with Crippen molar-refractivity contribution in [3.63, 3.8) is 0 Å². The zero-order chi connectivity index (χ0) is 46.8. The van der Waals surface area contributed by atoms with Crippen LogP contribution in [0.5, 0.6) is 0 Å². The molecule has 19 nitrogen and oxygen atoms in total. The highest BCUT2D eigenvalue weighted by Gasteiger charge is 2.43. The van der Waals surface area contributed by atoms with Gasteiger partial charge in [0.05, 0.1) is 101 Å². The Kier molecular flexibility index (Phi) is 20.5. The van der Waals surface area contributed by atoms with Gasteiger partial charge in [0.2, 0.25) is 5.36 Å². The van der Waals surface area contributed by atoms with E-state index in [2.05, 4.69) is 0 Å². The molecule has 0 bridgehead atoms. The van der Waals surface area contributed by atoms with Crippen molar-refractivity contribution in [1.29, 1.82) is 0 Å². The summed E-state index contributed by atoms with van der Waals surface area (Å²) in [7, 11) is -13.0. The molecule has 1 aliphatic carbocycles. The van der Waals surface area contributed by atoms with Gasteiger partial charge in [-0.25, -0.2) is 4.58 Å². The molecule has 0 aromatic heterocycles. The number of allylic oxidation sites excluding steroid dienone is 3. The van der Waals surface area contributed by atoms with Crippen LogP contribution in [0.1, 0.15) is 50.7 Å². The Morgan fingerprint density at radius 1 is 0.781 bits per heavy atom. The van der Waals surface area contributed by atoms with Gasteiger partial charge in [0, 0.05) is 41.4 Å². The molecular formula is C42H59N2O17S3+. The predicted molar refractivity (Wildman–Crippen MR) is 237 cm³/mol. The first-order valence-electron chi connectivity index (χ1n) is 20.7. The molecule has 4 rings (SSSR count). The van der Waals surface area contributed by atoms with Gasteiger partial charge < -0.3 is 38.1 Å². The van der Waals surface area contributed by atoms with E-state index in [0.717, 1.165) is 16.5 Å². The number of benzene rings is 2. The SMILES string of the molecule is CC[N+](CCCS(=O)(=O)O)=c1ccc2c(/C=C/C=C3/N(CCOCCOCCOCCOCCOCCC(=O)O)c4ccc(S(=O)(=O)O)cc4C3(C)CCCS(=O)(=O)O)ccoc-2c1. The summed E-state index contributed by atoms with van der Waals surface area (Å²) >= 11 is 0. The first kappa shape index (κ1) is 52.6. The molecule has 1 aromatic rings. The number of carboxylic acids is 1. The van der Waals surface area contributed by atoms with Crippen molar-refractivity contribution in [1.82, 2.24) is 4.58 Å². The molecule has 0 radical (unpaired) electrons. The average molecular weight is 960 g/mol. The van der Waals surface area contributed by atoms with Crippen molar-refractivity contribution in [3.8, 4) is 11.3 Å². The molecule has 0 saturated carbocycles. The highest BCUT2D eigenvalue weighted by molar-refractivity contribution is 7.86. The van der Waals surface area contributed by atoms with Crippen molar-refractivity contribution in [2.24, 2.45) is 0 Å². The molecule has 0 saturated heterocycles. The molecule has 0 fully saturated rings. The Hall–Kier alpha value is -4.07. The number of carboxylic acid groups (broad SMARTS) is 1. The van der Waals surface area contributed by atoms with Crippen molar-refractivity contribution in [2.75, 3.05) is 102 Å². The highest BCUT2D eigenvalue weighted by atomic mass is 32.2. The van der Waals surface area contributed by atoms with Crippen LogP contribution >= 0.6 is 0 Å². The normalized spacial score (nSPS) is 16.9. The van der Waals surface area contributed by atoms with E-state index in [1.807, 2.05) is 59.8 Å². The van der Waals surface area contributed by atoms with Gasteiger partial charge in [-0.2, -0.15) is 25.3 Å². The molecule has 1 unspecified atom stereocenters. The Morgan fingerprint density at radius 2 is 1.38 bits per heavy atom. The maximum absolute atomic E-state index is 12.3. The highest BCUT2D eigenvalue weighted by Crippen LogP contribution is 2.51. The van der Waals surface area contributed by atoms with E-state index in [1.54, 1.807) is 18.4 Å². The predicted octanol–water partition coefficient (Wildman–Crippen LogP) is 3.60. The Labute approximate surface area is 374 Å². The molecule has 3 aliphatic rings. The van der Waals surface area contributed by atoms with Gasteiger partial charge in [0.15, 0.2) is 0 Å². The first-order valence-corrected chi connectivity index (χ1v) is 25.4. The summed E-state index contributed by atoms with van der Waals surface area (Å²) < 4.78 is 135. The third-order valence-corrected chi connectivity index (χ3v) is 12.8. The fourth-order valence-corrected chi connectivity index (χ4v) is 8.72. The topological polar surface area (TPSA) is 266 Å². The van der Waals surface area contributed by atoms with Crippen LogP contribution < -0.4 is 14.8 Å². The lowest BCUT2D eigenvalue weighted by molar-refractivity contribution is -0.138. The van der Waals surface area contributed by atoms with E-state index < -0.39 is 47.5 Å². The van der Waals surface area contributed by atoms with Gasteiger partial charge in [0.1, 0.15) is 18.8 Å². The van der Waals surface area contributed by atoms with Crippen LogP contribution in [-0.4, -0.2) is 147 Å². The van der Waals surface area contributed by atoms with E-state index in [4.69, 9.17) is 37.8 Å². The van der Waals surface area contributed by atoms with Crippen LogP contribution in [0.4, 0.5) is 5.69 Å². The van der Waals surface area contributed by atoms with Gasteiger partial charge >= 0.3 is 5.97 Å². The van der Waals surface area contributed by atoms with E-state index >= 15 is 0 Å². The number of fused-ring (bicyclic) bond motifs is 2. The number of rotatable bonds is 30.